The first-order chi connectivity index (χ1) is 5.64. The summed E-state index contributed by atoms with van der Waals surface area (Å²) < 4.78 is 5.26. The largest absolute Gasteiger partial charge is 0.381 e. The van der Waals surface area contributed by atoms with Gasteiger partial charge in [-0.05, 0) is 25.2 Å². The maximum atomic E-state index is 10.7. The van der Waals surface area contributed by atoms with Crippen molar-refractivity contribution in [3.8, 4) is 0 Å². The molecule has 0 aromatic heterocycles. The molecule has 0 aromatic rings. The molecule has 1 aliphatic rings. The molecule has 0 radical (unpaired) electrons. The van der Waals surface area contributed by atoms with Crippen molar-refractivity contribution in [1.29, 1.82) is 0 Å². The zero-order valence-electron chi connectivity index (χ0n) is 8.01. The summed E-state index contributed by atoms with van der Waals surface area (Å²) in [5.74, 6) is 0.693. The fraction of sp³-hybridized carbons (Fsp3) is 0.900. The van der Waals surface area contributed by atoms with Crippen molar-refractivity contribution in [2.45, 2.75) is 33.1 Å². The van der Waals surface area contributed by atoms with Crippen molar-refractivity contribution >= 4 is 6.29 Å². The Kier molecular flexibility index (Phi) is 3.27. The monoisotopic (exact) mass is 170 g/mol. The highest BCUT2D eigenvalue weighted by atomic mass is 16.5. The molecule has 0 unspecified atom stereocenters. The lowest BCUT2D eigenvalue weighted by molar-refractivity contribution is -0.115. The SMILES string of the molecule is CC(C)(C=O)CC1CCOCC1. The van der Waals surface area contributed by atoms with E-state index in [1.807, 2.05) is 13.8 Å². The van der Waals surface area contributed by atoms with Crippen LogP contribution in [0.5, 0.6) is 0 Å². The fourth-order valence-corrected chi connectivity index (χ4v) is 1.74. The Bertz CT molecular complexity index is 146. The summed E-state index contributed by atoms with van der Waals surface area (Å²) in [5.41, 5.74) is -0.137. The lowest BCUT2D eigenvalue weighted by atomic mass is 9.81. The van der Waals surface area contributed by atoms with Gasteiger partial charge in [0.1, 0.15) is 6.29 Å². The number of carbonyl (C=O) groups excluding carboxylic acids is 1. The smallest absolute Gasteiger partial charge is 0.125 e. The Labute approximate surface area is 74.3 Å². The minimum Gasteiger partial charge on any atom is -0.381 e. The van der Waals surface area contributed by atoms with E-state index < -0.39 is 0 Å². The summed E-state index contributed by atoms with van der Waals surface area (Å²) in [6.45, 7) is 5.77. The van der Waals surface area contributed by atoms with E-state index in [1.165, 1.54) is 0 Å². The van der Waals surface area contributed by atoms with Gasteiger partial charge in [0.15, 0.2) is 0 Å². The second-order valence-electron chi connectivity index (χ2n) is 4.37. The molecule has 0 amide bonds. The van der Waals surface area contributed by atoms with Gasteiger partial charge in [0.25, 0.3) is 0 Å². The van der Waals surface area contributed by atoms with E-state index in [4.69, 9.17) is 4.74 Å². The lowest BCUT2D eigenvalue weighted by Gasteiger charge is -2.27. The molecule has 0 atom stereocenters. The highest BCUT2D eigenvalue weighted by Crippen LogP contribution is 2.28. The molecule has 2 heteroatoms. The molecular weight excluding hydrogens is 152 g/mol. The zero-order valence-corrected chi connectivity index (χ0v) is 8.01. The van der Waals surface area contributed by atoms with Gasteiger partial charge in [-0.25, -0.2) is 0 Å². The number of aldehydes is 1. The number of hydrogen-bond donors (Lipinski definition) is 0. The molecule has 0 N–H and O–H groups in total. The molecule has 1 heterocycles. The van der Waals surface area contributed by atoms with Gasteiger partial charge in [-0.15, -0.1) is 0 Å². The van der Waals surface area contributed by atoms with Crippen LogP contribution < -0.4 is 0 Å². The van der Waals surface area contributed by atoms with Crippen LogP contribution in [-0.2, 0) is 9.53 Å². The number of ether oxygens (including phenoxy) is 1. The topological polar surface area (TPSA) is 26.3 Å². The van der Waals surface area contributed by atoms with Crippen LogP contribution in [0.3, 0.4) is 0 Å². The molecule has 70 valence electrons. The molecule has 1 rings (SSSR count). The normalized spacial score (nSPS) is 20.8. The molecule has 0 saturated carbocycles. The third kappa shape index (κ3) is 2.94. The number of hydrogen-bond acceptors (Lipinski definition) is 2. The van der Waals surface area contributed by atoms with Crippen molar-refractivity contribution in [1.82, 2.24) is 0 Å². The Morgan fingerprint density at radius 3 is 2.50 bits per heavy atom. The summed E-state index contributed by atoms with van der Waals surface area (Å²) in [5, 5.41) is 0. The van der Waals surface area contributed by atoms with Gasteiger partial charge < -0.3 is 9.53 Å². The van der Waals surface area contributed by atoms with Crippen molar-refractivity contribution in [3.63, 3.8) is 0 Å². The Hall–Kier alpha value is -0.370. The third-order valence-electron chi connectivity index (χ3n) is 2.47. The van der Waals surface area contributed by atoms with Crippen molar-refractivity contribution in [2.24, 2.45) is 11.3 Å². The Morgan fingerprint density at radius 2 is 2.00 bits per heavy atom. The first kappa shape index (κ1) is 9.72. The second-order valence-corrected chi connectivity index (χ2v) is 4.37. The molecule has 0 aliphatic carbocycles. The first-order valence-electron chi connectivity index (χ1n) is 4.68. The van der Waals surface area contributed by atoms with Gasteiger partial charge in [0, 0.05) is 18.6 Å². The maximum absolute atomic E-state index is 10.7. The minimum atomic E-state index is -0.137. The van der Waals surface area contributed by atoms with Crippen LogP contribution in [-0.4, -0.2) is 19.5 Å². The molecule has 0 aromatic carbocycles. The molecule has 0 spiro atoms. The van der Waals surface area contributed by atoms with E-state index >= 15 is 0 Å². The zero-order chi connectivity index (χ0) is 9.03. The average Bonchev–Trinajstić information content (AvgIpc) is 2.06. The molecule has 1 saturated heterocycles. The Morgan fingerprint density at radius 1 is 1.42 bits per heavy atom. The van der Waals surface area contributed by atoms with Gasteiger partial charge in [0.05, 0.1) is 0 Å². The van der Waals surface area contributed by atoms with E-state index in [9.17, 15) is 4.79 Å². The van der Waals surface area contributed by atoms with Crippen LogP contribution in [0.1, 0.15) is 33.1 Å². The molecule has 1 fully saturated rings. The van der Waals surface area contributed by atoms with Crippen LogP contribution >= 0.6 is 0 Å². The highest BCUT2D eigenvalue weighted by molar-refractivity contribution is 5.57. The van der Waals surface area contributed by atoms with Crippen LogP contribution in [0.4, 0.5) is 0 Å². The number of carbonyl (C=O) groups is 1. The van der Waals surface area contributed by atoms with E-state index in [2.05, 4.69) is 0 Å². The molecule has 0 bridgehead atoms. The van der Waals surface area contributed by atoms with E-state index in [0.717, 1.165) is 38.8 Å². The van der Waals surface area contributed by atoms with E-state index in [1.54, 1.807) is 0 Å². The summed E-state index contributed by atoms with van der Waals surface area (Å²) in [6, 6.07) is 0. The summed E-state index contributed by atoms with van der Waals surface area (Å²) in [4.78, 5) is 10.7. The molecular formula is C10H18O2. The van der Waals surface area contributed by atoms with Crippen molar-refractivity contribution in [3.05, 3.63) is 0 Å². The highest BCUT2D eigenvalue weighted by Gasteiger charge is 2.24. The standard InChI is InChI=1S/C10H18O2/c1-10(2,8-11)7-9-3-5-12-6-4-9/h8-9H,3-7H2,1-2H3. The predicted molar refractivity (Wildman–Crippen MR) is 48.0 cm³/mol. The fourth-order valence-electron chi connectivity index (χ4n) is 1.74. The van der Waals surface area contributed by atoms with Gasteiger partial charge in [-0.1, -0.05) is 13.8 Å². The maximum Gasteiger partial charge on any atom is 0.125 e. The van der Waals surface area contributed by atoms with Gasteiger partial charge in [0.2, 0.25) is 0 Å². The van der Waals surface area contributed by atoms with Gasteiger partial charge in [-0.2, -0.15) is 0 Å². The van der Waals surface area contributed by atoms with Gasteiger partial charge in [-0.3, -0.25) is 0 Å². The molecule has 12 heavy (non-hydrogen) atoms. The number of rotatable bonds is 3. The summed E-state index contributed by atoms with van der Waals surface area (Å²) in [7, 11) is 0. The lowest BCUT2D eigenvalue weighted by Crippen LogP contribution is -2.23. The van der Waals surface area contributed by atoms with Gasteiger partial charge >= 0.3 is 0 Å². The van der Waals surface area contributed by atoms with E-state index in [0.29, 0.717) is 5.92 Å². The van der Waals surface area contributed by atoms with Crippen LogP contribution in [0.15, 0.2) is 0 Å². The minimum absolute atomic E-state index is 0.137. The summed E-state index contributed by atoms with van der Waals surface area (Å²) >= 11 is 0. The van der Waals surface area contributed by atoms with E-state index in [-0.39, 0.29) is 5.41 Å². The average molecular weight is 170 g/mol. The summed E-state index contributed by atoms with van der Waals surface area (Å²) in [6.07, 6.45) is 4.33. The quantitative estimate of drug-likeness (QED) is 0.606. The Balaban J connectivity index is 2.33. The van der Waals surface area contributed by atoms with Crippen LogP contribution in [0.25, 0.3) is 0 Å². The molecule has 1 aliphatic heterocycles. The molecule has 2 nitrogen and oxygen atoms in total. The third-order valence-corrected chi connectivity index (χ3v) is 2.47. The second kappa shape index (κ2) is 4.04. The predicted octanol–water partition coefficient (Wildman–Crippen LogP) is 2.03. The van der Waals surface area contributed by atoms with Crippen molar-refractivity contribution < 1.29 is 9.53 Å². The van der Waals surface area contributed by atoms with Crippen LogP contribution in [0.2, 0.25) is 0 Å². The van der Waals surface area contributed by atoms with Crippen molar-refractivity contribution in [2.75, 3.05) is 13.2 Å². The first-order valence-corrected chi connectivity index (χ1v) is 4.68. The van der Waals surface area contributed by atoms with Crippen LogP contribution in [0, 0.1) is 11.3 Å².